The quantitative estimate of drug-likeness (QED) is 0.749. The molecule has 0 aromatic carbocycles. The molecule has 2 rings (SSSR count). The first-order valence-corrected chi connectivity index (χ1v) is 5.53. The molecule has 0 unspecified atom stereocenters. The van der Waals surface area contributed by atoms with Gasteiger partial charge in [-0.3, -0.25) is 4.90 Å². The summed E-state index contributed by atoms with van der Waals surface area (Å²) in [6.45, 7) is 4.69. The Morgan fingerprint density at radius 2 is 1.94 bits per heavy atom. The number of aromatic hydroxyl groups is 1. The third kappa shape index (κ3) is 2.62. The fraction of sp³-hybridized carbons (Fsp3) is 0.545. The molecule has 5 nitrogen and oxygen atoms in total. The zero-order valence-corrected chi connectivity index (χ0v) is 9.21. The van der Waals surface area contributed by atoms with Gasteiger partial charge in [-0.25, -0.2) is 4.98 Å². The van der Waals surface area contributed by atoms with E-state index in [0.29, 0.717) is 0 Å². The van der Waals surface area contributed by atoms with Crippen molar-refractivity contribution in [2.75, 3.05) is 44.2 Å². The topological polar surface area (TPSA) is 59.8 Å². The number of nitrogens with zero attached hydrogens (tertiary/aromatic N) is 3. The van der Waals surface area contributed by atoms with Gasteiger partial charge < -0.3 is 15.1 Å². The van der Waals surface area contributed by atoms with Gasteiger partial charge in [0.2, 0.25) is 0 Å². The lowest BCUT2D eigenvalue weighted by Gasteiger charge is -2.34. The van der Waals surface area contributed by atoms with Crippen molar-refractivity contribution in [2.45, 2.75) is 0 Å². The van der Waals surface area contributed by atoms with Crippen molar-refractivity contribution in [1.82, 2.24) is 9.88 Å². The Balaban J connectivity index is 1.91. The number of rotatable bonds is 3. The van der Waals surface area contributed by atoms with Crippen LogP contribution < -0.4 is 4.90 Å². The Kier molecular flexibility index (Phi) is 3.58. The van der Waals surface area contributed by atoms with Gasteiger partial charge in [0.25, 0.3) is 0 Å². The van der Waals surface area contributed by atoms with Crippen LogP contribution in [0.4, 0.5) is 5.82 Å². The van der Waals surface area contributed by atoms with E-state index in [2.05, 4.69) is 14.8 Å². The van der Waals surface area contributed by atoms with Crippen LogP contribution >= 0.6 is 0 Å². The second-order valence-corrected chi connectivity index (χ2v) is 3.93. The number of pyridine rings is 1. The summed E-state index contributed by atoms with van der Waals surface area (Å²) < 4.78 is 0. The molecule has 1 fully saturated rings. The third-order valence-electron chi connectivity index (χ3n) is 2.84. The molecule has 0 spiro atoms. The van der Waals surface area contributed by atoms with E-state index in [4.69, 9.17) is 10.2 Å². The maximum Gasteiger partial charge on any atom is 0.134 e. The van der Waals surface area contributed by atoms with E-state index in [9.17, 15) is 0 Å². The maximum atomic E-state index is 9.15. The molecule has 5 heteroatoms. The molecule has 1 saturated heterocycles. The van der Waals surface area contributed by atoms with Crippen molar-refractivity contribution in [3.63, 3.8) is 0 Å². The molecule has 0 aliphatic carbocycles. The van der Waals surface area contributed by atoms with E-state index < -0.39 is 0 Å². The van der Waals surface area contributed by atoms with Crippen molar-refractivity contribution in [2.24, 2.45) is 0 Å². The lowest BCUT2D eigenvalue weighted by molar-refractivity contribution is 0.188. The molecular formula is C11H17N3O2. The first-order chi connectivity index (χ1) is 7.79. The van der Waals surface area contributed by atoms with Gasteiger partial charge >= 0.3 is 0 Å². The molecule has 88 valence electrons. The van der Waals surface area contributed by atoms with Gasteiger partial charge in [0.15, 0.2) is 0 Å². The van der Waals surface area contributed by atoms with Crippen LogP contribution in [0.3, 0.4) is 0 Å². The molecule has 0 saturated carbocycles. The predicted octanol–water partition coefficient (Wildman–Crippen LogP) is -0.0985. The van der Waals surface area contributed by atoms with Crippen molar-refractivity contribution in [3.8, 4) is 5.75 Å². The van der Waals surface area contributed by atoms with E-state index in [1.54, 1.807) is 6.07 Å². The number of aliphatic hydroxyl groups excluding tert-OH is 1. The Labute approximate surface area is 94.9 Å². The van der Waals surface area contributed by atoms with Crippen LogP contribution in [0.15, 0.2) is 18.3 Å². The number of piperazine rings is 1. The van der Waals surface area contributed by atoms with Crippen LogP contribution in [-0.2, 0) is 0 Å². The fourth-order valence-electron chi connectivity index (χ4n) is 1.91. The van der Waals surface area contributed by atoms with Crippen molar-refractivity contribution in [1.29, 1.82) is 0 Å². The predicted molar refractivity (Wildman–Crippen MR) is 61.6 cm³/mol. The van der Waals surface area contributed by atoms with E-state index >= 15 is 0 Å². The minimum atomic E-state index is 0.197. The van der Waals surface area contributed by atoms with E-state index in [1.807, 2.05) is 6.07 Å². The Morgan fingerprint density at radius 1 is 1.19 bits per heavy atom. The minimum Gasteiger partial charge on any atom is -0.506 e. The van der Waals surface area contributed by atoms with Gasteiger partial charge in [-0.05, 0) is 12.1 Å². The lowest BCUT2D eigenvalue weighted by atomic mass is 10.3. The lowest BCUT2D eigenvalue weighted by Crippen LogP contribution is -2.47. The summed E-state index contributed by atoms with van der Waals surface area (Å²) in [5.41, 5.74) is 0. The van der Waals surface area contributed by atoms with Crippen LogP contribution in [0, 0.1) is 0 Å². The summed E-state index contributed by atoms with van der Waals surface area (Å²) in [4.78, 5) is 8.60. The van der Waals surface area contributed by atoms with Gasteiger partial charge in [0.1, 0.15) is 11.6 Å². The van der Waals surface area contributed by atoms with E-state index in [0.717, 1.165) is 38.5 Å². The highest BCUT2D eigenvalue weighted by molar-refractivity contribution is 5.40. The zero-order chi connectivity index (χ0) is 11.4. The highest BCUT2D eigenvalue weighted by atomic mass is 16.3. The molecule has 1 aliphatic heterocycles. The van der Waals surface area contributed by atoms with Crippen molar-refractivity contribution < 1.29 is 10.2 Å². The molecule has 2 N–H and O–H groups in total. The van der Waals surface area contributed by atoms with Gasteiger partial charge in [0, 0.05) is 32.7 Å². The molecule has 1 aliphatic rings. The number of aliphatic hydroxyl groups is 1. The largest absolute Gasteiger partial charge is 0.506 e. The number of hydrogen-bond donors (Lipinski definition) is 2. The molecule has 2 heterocycles. The Bertz CT molecular complexity index is 321. The highest BCUT2D eigenvalue weighted by Crippen LogP contribution is 2.16. The van der Waals surface area contributed by atoms with Gasteiger partial charge in [-0.15, -0.1) is 0 Å². The summed E-state index contributed by atoms with van der Waals surface area (Å²) in [5.74, 6) is 1.10. The second kappa shape index (κ2) is 5.14. The minimum absolute atomic E-state index is 0.197. The number of aromatic nitrogens is 1. The molecular weight excluding hydrogens is 206 g/mol. The summed E-state index contributed by atoms with van der Waals surface area (Å²) in [5, 5.41) is 18.0. The van der Waals surface area contributed by atoms with Crippen LogP contribution in [0.1, 0.15) is 0 Å². The van der Waals surface area contributed by atoms with Crippen molar-refractivity contribution in [3.05, 3.63) is 18.3 Å². The average molecular weight is 223 g/mol. The molecule has 0 radical (unpaired) electrons. The number of hydrogen-bond acceptors (Lipinski definition) is 5. The van der Waals surface area contributed by atoms with Crippen LogP contribution in [-0.4, -0.2) is 59.4 Å². The third-order valence-corrected chi connectivity index (χ3v) is 2.84. The standard InChI is InChI=1S/C11H17N3O2/c15-8-7-13-3-5-14(6-4-13)11-2-1-10(16)9-12-11/h1-2,9,15-16H,3-8H2. The first kappa shape index (κ1) is 11.2. The normalized spacial score (nSPS) is 17.7. The molecule has 0 atom stereocenters. The molecule has 0 amide bonds. The summed E-state index contributed by atoms with van der Waals surface area (Å²) in [6.07, 6.45) is 1.47. The number of anilines is 1. The fourth-order valence-corrected chi connectivity index (χ4v) is 1.91. The average Bonchev–Trinajstić information content (AvgIpc) is 2.32. The van der Waals surface area contributed by atoms with E-state index in [-0.39, 0.29) is 12.4 Å². The second-order valence-electron chi connectivity index (χ2n) is 3.93. The van der Waals surface area contributed by atoms with E-state index in [1.165, 1.54) is 6.20 Å². The first-order valence-electron chi connectivity index (χ1n) is 5.53. The zero-order valence-electron chi connectivity index (χ0n) is 9.21. The smallest absolute Gasteiger partial charge is 0.134 e. The Morgan fingerprint density at radius 3 is 2.50 bits per heavy atom. The van der Waals surface area contributed by atoms with Crippen molar-refractivity contribution >= 4 is 5.82 Å². The maximum absolute atomic E-state index is 9.15. The summed E-state index contributed by atoms with van der Waals surface area (Å²) in [6, 6.07) is 3.49. The molecule has 1 aromatic rings. The highest BCUT2D eigenvalue weighted by Gasteiger charge is 2.17. The van der Waals surface area contributed by atoms with Gasteiger partial charge in [-0.1, -0.05) is 0 Å². The van der Waals surface area contributed by atoms with Crippen LogP contribution in [0.2, 0.25) is 0 Å². The molecule has 0 bridgehead atoms. The van der Waals surface area contributed by atoms with Crippen LogP contribution in [0.25, 0.3) is 0 Å². The summed E-state index contributed by atoms with van der Waals surface area (Å²) in [7, 11) is 0. The Hall–Kier alpha value is -1.33. The summed E-state index contributed by atoms with van der Waals surface area (Å²) >= 11 is 0. The van der Waals surface area contributed by atoms with Gasteiger partial charge in [-0.2, -0.15) is 0 Å². The van der Waals surface area contributed by atoms with Gasteiger partial charge in [0.05, 0.1) is 12.8 Å². The monoisotopic (exact) mass is 223 g/mol. The van der Waals surface area contributed by atoms with Crippen LogP contribution in [0.5, 0.6) is 5.75 Å². The molecule has 16 heavy (non-hydrogen) atoms. The number of β-amino-alcohol motifs (C(OH)–C–C–N with tert-alkyl or cyclic N) is 1. The SMILES string of the molecule is OCCN1CCN(c2ccc(O)cn2)CC1. The molecule has 1 aromatic heterocycles.